The number of likely N-dealkylation sites (N-methyl/N-ethyl adjacent to an activating group) is 1. The van der Waals surface area contributed by atoms with Gasteiger partial charge in [-0.25, -0.2) is 4.79 Å². The monoisotopic (exact) mass is 549 g/mol. The molecule has 2 amide bonds. The summed E-state index contributed by atoms with van der Waals surface area (Å²) in [4.78, 5) is 13.7. The summed E-state index contributed by atoms with van der Waals surface area (Å²) in [5.74, 6) is 0.121. The van der Waals surface area contributed by atoms with E-state index in [1.807, 2.05) is 67.4 Å². The summed E-state index contributed by atoms with van der Waals surface area (Å²) < 4.78 is 12.8. The van der Waals surface area contributed by atoms with Gasteiger partial charge in [-0.05, 0) is 48.4 Å². The third-order valence-electron chi connectivity index (χ3n) is 6.91. The lowest BCUT2D eigenvalue weighted by Gasteiger charge is -2.38. The summed E-state index contributed by atoms with van der Waals surface area (Å²) in [6.07, 6.45) is -1.14. The Kier molecular flexibility index (Phi) is 10.5. The van der Waals surface area contributed by atoms with Gasteiger partial charge in [-0.3, -0.25) is 0 Å². The Morgan fingerprint density at radius 1 is 1.00 bits per heavy atom. The van der Waals surface area contributed by atoms with Gasteiger partial charge >= 0.3 is 6.03 Å². The molecule has 5 N–H and O–H groups in total. The van der Waals surface area contributed by atoms with Gasteiger partial charge in [0.25, 0.3) is 0 Å². The van der Waals surface area contributed by atoms with Crippen molar-refractivity contribution in [2.45, 2.75) is 51.1 Å². The zero-order valence-corrected chi connectivity index (χ0v) is 23.0. The minimum atomic E-state index is -0.755. The van der Waals surface area contributed by atoms with Gasteiger partial charge in [-0.2, -0.15) is 0 Å². The SMILES string of the molecule is CCNC(=O)NCc1ccc([C@H]2O[C@@H](CN(C)C[C@@H](O)c3cccc(O)c3)C[C@@H](c3ccc(CO)cc3)O2)cc1. The molecule has 0 bridgehead atoms. The first-order chi connectivity index (χ1) is 19.3. The molecule has 214 valence electrons. The average molecular weight is 550 g/mol. The molecule has 1 saturated heterocycles. The van der Waals surface area contributed by atoms with Gasteiger partial charge in [0, 0.05) is 38.2 Å². The van der Waals surface area contributed by atoms with Gasteiger partial charge in [0.1, 0.15) is 5.75 Å². The lowest BCUT2D eigenvalue weighted by Crippen LogP contribution is -2.39. The van der Waals surface area contributed by atoms with E-state index in [0.29, 0.717) is 38.2 Å². The number of phenolic OH excluding ortho intramolecular Hbond substituents is 1. The lowest BCUT2D eigenvalue weighted by molar-refractivity contribution is -0.252. The molecule has 0 aliphatic carbocycles. The number of aliphatic hydroxyl groups excluding tert-OH is 2. The van der Waals surface area contributed by atoms with Crippen LogP contribution in [0.2, 0.25) is 0 Å². The normalized spacial score (nSPS) is 19.8. The van der Waals surface area contributed by atoms with E-state index >= 15 is 0 Å². The third kappa shape index (κ3) is 8.27. The first-order valence-electron chi connectivity index (χ1n) is 13.6. The summed E-state index contributed by atoms with van der Waals surface area (Å²) in [5, 5.41) is 35.5. The van der Waals surface area contributed by atoms with Crippen molar-refractivity contribution in [3.05, 3.63) is 101 Å². The van der Waals surface area contributed by atoms with Crippen molar-refractivity contribution in [3.63, 3.8) is 0 Å². The number of hydrogen-bond donors (Lipinski definition) is 5. The van der Waals surface area contributed by atoms with Crippen molar-refractivity contribution >= 4 is 6.03 Å². The van der Waals surface area contributed by atoms with Gasteiger partial charge in [0.15, 0.2) is 6.29 Å². The number of phenols is 1. The van der Waals surface area contributed by atoms with Crippen LogP contribution in [0.1, 0.15) is 59.7 Å². The number of ether oxygens (including phenoxy) is 2. The van der Waals surface area contributed by atoms with E-state index in [9.17, 15) is 20.1 Å². The van der Waals surface area contributed by atoms with Crippen LogP contribution in [0, 0.1) is 0 Å². The Morgan fingerprint density at radius 2 is 1.70 bits per heavy atom. The van der Waals surface area contributed by atoms with E-state index in [1.54, 1.807) is 24.3 Å². The average Bonchev–Trinajstić information content (AvgIpc) is 2.96. The Bertz CT molecular complexity index is 1220. The molecule has 0 spiro atoms. The van der Waals surface area contributed by atoms with E-state index in [0.717, 1.165) is 22.3 Å². The zero-order chi connectivity index (χ0) is 28.5. The number of hydrogen-bond acceptors (Lipinski definition) is 7. The molecule has 1 heterocycles. The van der Waals surface area contributed by atoms with Crippen LogP contribution in [-0.2, 0) is 22.6 Å². The van der Waals surface area contributed by atoms with Gasteiger partial charge in [0.05, 0.1) is 24.9 Å². The fourth-order valence-corrected chi connectivity index (χ4v) is 4.79. The number of benzene rings is 3. The Balaban J connectivity index is 1.45. The van der Waals surface area contributed by atoms with Crippen LogP contribution >= 0.6 is 0 Å². The smallest absolute Gasteiger partial charge is 0.315 e. The van der Waals surface area contributed by atoms with Crippen LogP contribution in [0.25, 0.3) is 0 Å². The van der Waals surface area contributed by atoms with Gasteiger partial charge in [-0.1, -0.05) is 60.7 Å². The molecule has 0 aromatic heterocycles. The minimum Gasteiger partial charge on any atom is -0.508 e. The summed E-state index contributed by atoms with van der Waals surface area (Å²) in [5.41, 5.74) is 4.31. The number of carbonyl (C=O) groups is 1. The van der Waals surface area contributed by atoms with Crippen molar-refractivity contribution in [3.8, 4) is 5.75 Å². The second-order valence-electron chi connectivity index (χ2n) is 10.1. The van der Waals surface area contributed by atoms with E-state index in [4.69, 9.17) is 9.47 Å². The maximum atomic E-state index is 11.7. The van der Waals surface area contributed by atoms with Crippen molar-refractivity contribution in [1.82, 2.24) is 15.5 Å². The number of aromatic hydroxyl groups is 1. The van der Waals surface area contributed by atoms with E-state index in [2.05, 4.69) is 10.6 Å². The molecule has 3 aromatic carbocycles. The van der Waals surface area contributed by atoms with Gasteiger partial charge < -0.3 is 40.3 Å². The highest BCUT2D eigenvalue weighted by molar-refractivity contribution is 5.73. The van der Waals surface area contributed by atoms with Crippen molar-refractivity contribution < 1.29 is 29.6 Å². The molecule has 1 fully saturated rings. The lowest BCUT2D eigenvalue weighted by atomic mass is 9.99. The van der Waals surface area contributed by atoms with Crippen LogP contribution in [0.5, 0.6) is 5.75 Å². The molecular weight excluding hydrogens is 510 g/mol. The molecule has 9 nitrogen and oxygen atoms in total. The van der Waals surface area contributed by atoms with Crippen LogP contribution in [0.3, 0.4) is 0 Å². The number of amides is 2. The maximum absolute atomic E-state index is 11.7. The van der Waals surface area contributed by atoms with E-state index in [1.165, 1.54) is 0 Å². The van der Waals surface area contributed by atoms with Crippen molar-refractivity contribution in [2.75, 3.05) is 26.7 Å². The molecule has 4 rings (SSSR count). The number of nitrogens with zero attached hydrogens (tertiary/aromatic N) is 1. The number of aliphatic hydroxyl groups is 2. The number of carbonyl (C=O) groups excluding carboxylic acids is 1. The molecule has 4 atom stereocenters. The molecule has 9 heteroatoms. The minimum absolute atomic E-state index is 0.0201. The highest BCUT2D eigenvalue weighted by Crippen LogP contribution is 2.38. The summed E-state index contributed by atoms with van der Waals surface area (Å²) in [7, 11) is 1.93. The topological polar surface area (TPSA) is 124 Å². The first-order valence-corrected chi connectivity index (χ1v) is 13.6. The van der Waals surface area contributed by atoms with Gasteiger partial charge in [0.2, 0.25) is 0 Å². The molecular formula is C31H39N3O6. The Labute approximate surface area is 235 Å². The van der Waals surface area contributed by atoms with Crippen LogP contribution in [0.4, 0.5) is 4.79 Å². The molecule has 1 aliphatic rings. The highest BCUT2D eigenvalue weighted by Gasteiger charge is 2.33. The van der Waals surface area contributed by atoms with Crippen LogP contribution in [0.15, 0.2) is 72.8 Å². The van der Waals surface area contributed by atoms with Crippen LogP contribution in [-0.4, -0.2) is 59.0 Å². The van der Waals surface area contributed by atoms with E-state index in [-0.39, 0.29) is 30.6 Å². The summed E-state index contributed by atoms with van der Waals surface area (Å²) in [6, 6.07) is 22.0. The fourth-order valence-electron chi connectivity index (χ4n) is 4.79. The molecule has 0 unspecified atom stereocenters. The van der Waals surface area contributed by atoms with E-state index < -0.39 is 12.4 Å². The molecule has 3 aromatic rings. The predicted octanol–water partition coefficient (Wildman–Crippen LogP) is 3.91. The van der Waals surface area contributed by atoms with Gasteiger partial charge in [-0.15, -0.1) is 0 Å². The molecule has 40 heavy (non-hydrogen) atoms. The maximum Gasteiger partial charge on any atom is 0.315 e. The zero-order valence-electron chi connectivity index (χ0n) is 23.0. The number of urea groups is 1. The van der Waals surface area contributed by atoms with Crippen LogP contribution < -0.4 is 10.6 Å². The summed E-state index contributed by atoms with van der Waals surface area (Å²) >= 11 is 0. The molecule has 0 radical (unpaired) electrons. The predicted molar refractivity (Wildman–Crippen MR) is 151 cm³/mol. The second kappa shape index (κ2) is 14.2. The number of rotatable bonds is 11. The van der Waals surface area contributed by atoms with Crippen molar-refractivity contribution in [2.24, 2.45) is 0 Å². The number of nitrogens with one attached hydrogen (secondary N) is 2. The molecule has 0 saturated carbocycles. The largest absolute Gasteiger partial charge is 0.508 e. The van der Waals surface area contributed by atoms with Crippen molar-refractivity contribution in [1.29, 1.82) is 0 Å². The first kappa shape index (κ1) is 29.5. The Morgan fingerprint density at radius 3 is 2.38 bits per heavy atom. The highest BCUT2D eigenvalue weighted by atomic mass is 16.7. The Hall–Kier alpha value is -3.47. The second-order valence-corrected chi connectivity index (χ2v) is 10.1. The fraction of sp³-hybridized carbons (Fsp3) is 0.387. The molecule has 1 aliphatic heterocycles. The summed E-state index contributed by atoms with van der Waals surface area (Å²) in [6.45, 7) is 3.76. The quantitative estimate of drug-likeness (QED) is 0.246. The standard InChI is InChI=1S/C31H39N3O6/c1-3-32-31(38)33-17-21-7-13-24(14-8-21)30-39-27(16-29(40-30)23-11-9-22(20-35)10-12-23)18-34(2)19-28(37)25-5-4-6-26(36)15-25/h4-15,27-30,35-37H,3,16-20H2,1-2H3,(H2,32,33,38)/t27-,28-,29+,30+/m1/s1. The third-order valence-corrected chi connectivity index (χ3v) is 6.91.